The van der Waals surface area contributed by atoms with Crippen LogP contribution < -0.4 is 10.6 Å². The second kappa shape index (κ2) is 8.61. The summed E-state index contributed by atoms with van der Waals surface area (Å²) in [6.07, 6.45) is 3.94. The summed E-state index contributed by atoms with van der Waals surface area (Å²) in [6.45, 7) is 6.57. The van der Waals surface area contributed by atoms with Crippen molar-refractivity contribution in [3.8, 4) is 0 Å². The molecule has 1 amide bonds. The molecule has 0 aliphatic heterocycles. The lowest BCUT2D eigenvalue weighted by Crippen LogP contribution is -2.31. The van der Waals surface area contributed by atoms with Crippen LogP contribution in [0.4, 0.5) is 0 Å². The molecular weight excluding hydrogens is 306 g/mol. The number of H-pyrrole nitrogens is 1. The largest absolute Gasteiger partial charge is 0.387 e. The molecule has 7 nitrogen and oxygen atoms in total. The van der Waals surface area contributed by atoms with Crippen molar-refractivity contribution in [1.82, 2.24) is 25.6 Å². The van der Waals surface area contributed by atoms with Crippen molar-refractivity contribution in [3.63, 3.8) is 0 Å². The van der Waals surface area contributed by atoms with E-state index in [1.165, 1.54) is 6.20 Å². The fourth-order valence-corrected chi connectivity index (χ4v) is 2.04. The molecule has 2 aromatic rings. The summed E-state index contributed by atoms with van der Waals surface area (Å²) in [7, 11) is 0. The van der Waals surface area contributed by atoms with Crippen LogP contribution in [0.15, 0.2) is 42.9 Å². The summed E-state index contributed by atoms with van der Waals surface area (Å²) < 4.78 is 0. The third-order valence-electron chi connectivity index (χ3n) is 3.26. The normalized spacial score (nSPS) is 10.2. The van der Waals surface area contributed by atoms with Gasteiger partial charge < -0.3 is 15.6 Å². The number of ketones is 1. The van der Waals surface area contributed by atoms with E-state index in [4.69, 9.17) is 0 Å². The van der Waals surface area contributed by atoms with E-state index in [9.17, 15) is 9.59 Å². The summed E-state index contributed by atoms with van der Waals surface area (Å²) in [5, 5.41) is 5.72. The van der Waals surface area contributed by atoms with Crippen LogP contribution in [0, 0.1) is 0 Å². The molecule has 7 heteroatoms. The van der Waals surface area contributed by atoms with E-state index in [1.807, 2.05) is 25.1 Å². The van der Waals surface area contributed by atoms with E-state index in [0.717, 1.165) is 11.4 Å². The van der Waals surface area contributed by atoms with Crippen molar-refractivity contribution in [2.75, 3.05) is 13.1 Å². The Morgan fingerprint density at radius 3 is 2.71 bits per heavy atom. The number of aryl methyl sites for hydroxylation is 1. The minimum absolute atomic E-state index is 0.101. The number of carbonyl (C=O) groups excluding carboxylic acids is 2. The molecule has 0 bridgehead atoms. The monoisotopic (exact) mass is 327 g/mol. The maximum atomic E-state index is 12.1. The Bertz CT molecular complexity index is 709. The van der Waals surface area contributed by atoms with Crippen molar-refractivity contribution in [2.45, 2.75) is 19.8 Å². The lowest BCUT2D eigenvalue weighted by Gasteiger charge is -2.05. The van der Waals surface area contributed by atoms with Gasteiger partial charge in [-0.1, -0.05) is 12.6 Å². The van der Waals surface area contributed by atoms with Crippen LogP contribution in [0.2, 0.25) is 0 Å². The maximum Gasteiger partial charge on any atom is 0.287 e. The van der Waals surface area contributed by atoms with Crippen molar-refractivity contribution >= 4 is 11.7 Å². The zero-order valence-electron chi connectivity index (χ0n) is 13.6. The number of rotatable bonds is 9. The van der Waals surface area contributed by atoms with Crippen LogP contribution in [-0.4, -0.2) is 39.7 Å². The first-order valence-corrected chi connectivity index (χ1v) is 7.72. The number of aromatic amines is 1. The van der Waals surface area contributed by atoms with Gasteiger partial charge in [-0.3, -0.25) is 14.6 Å². The third kappa shape index (κ3) is 5.35. The Morgan fingerprint density at radius 2 is 2.00 bits per heavy atom. The average molecular weight is 327 g/mol. The molecule has 3 N–H and O–H groups in total. The lowest BCUT2D eigenvalue weighted by atomic mass is 10.1. The summed E-state index contributed by atoms with van der Waals surface area (Å²) in [5.41, 5.74) is 2.02. The molecule has 126 valence electrons. The summed E-state index contributed by atoms with van der Waals surface area (Å²) in [6, 6.07) is 5.59. The topological polar surface area (TPSA) is 99.8 Å². The van der Waals surface area contributed by atoms with Gasteiger partial charge in [0.25, 0.3) is 5.91 Å². The molecular formula is C17H21N5O2. The second-order valence-corrected chi connectivity index (χ2v) is 5.35. The van der Waals surface area contributed by atoms with Crippen LogP contribution in [-0.2, 0) is 6.42 Å². The first-order chi connectivity index (χ1) is 11.6. The number of pyridine rings is 1. The highest BCUT2D eigenvalue weighted by atomic mass is 16.2. The molecule has 0 aliphatic carbocycles. The number of amides is 1. The van der Waals surface area contributed by atoms with Gasteiger partial charge in [-0.2, -0.15) is 0 Å². The van der Waals surface area contributed by atoms with E-state index in [2.05, 4.69) is 32.2 Å². The molecule has 2 heterocycles. The molecule has 0 aliphatic rings. The predicted molar refractivity (Wildman–Crippen MR) is 90.6 cm³/mol. The van der Waals surface area contributed by atoms with Crippen LogP contribution in [0.3, 0.4) is 0 Å². The Balaban J connectivity index is 1.82. The number of hydrogen-bond donors (Lipinski definition) is 3. The summed E-state index contributed by atoms with van der Waals surface area (Å²) in [5.74, 6) is -0.315. The quantitative estimate of drug-likeness (QED) is 0.478. The third-order valence-corrected chi connectivity index (χ3v) is 3.26. The number of imidazole rings is 1. The van der Waals surface area contributed by atoms with E-state index >= 15 is 0 Å². The Kier molecular flexibility index (Phi) is 6.24. The van der Waals surface area contributed by atoms with Gasteiger partial charge in [-0.05, 0) is 25.5 Å². The number of nitrogens with one attached hydrogen (secondary N) is 3. The van der Waals surface area contributed by atoms with Gasteiger partial charge in [0.05, 0.1) is 6.20 Å². The van der Waals surface area contributed by atoms with Gasteiger partial charge in [0.1, 0.15) is 5.69 Å². The number of carbonyl (C=O) groups is 2. The molecule has 2 aromatic heterocycles. The van der Waals surface area contributed by atoms with Crippen LogP contribution in [0.1, 0.15) is 40.1 Å². The Labute approximate surface area is 140 Å². The maximum absolute atomic E-state index is 12.1. The number of aromatic nitrogens is 3. The molecule has 2 rings (SSSR count). The molecule has 0 aromatic carbocycles. The fraction of sp³-hybridized carbons (Fsp3) is 0.294. The molecule has 0 fully saturated rings. The molecule has 0 saturated carbocycles. The fourth-order valence-electron chi connectivity index (χ4n) is 2.04. The predicted octanol–water partition coefficient (Wildman–Crippen LogP) is 1.47. The van der Waals surface area contributed by atoms with Crippen molar-refractivity contribution < 1.29 is 9.59 Å². The molecule has 0 atom stereocenters. The Morgan fingerprint density at radius 1 is 1.21 bits per heavy atom. The van der Waals surface area contributed by atoms with Crippen molar-refractivity contribution in [3.05, 3.63) is 60.1 Å². The van der Waals surface area contributed by atoms with Crippen LogP contribution in [0.5, 0.6) is 0 Å². The Hall–Kier alpha value is -2.96. The number of Topliss-reactive ketones (excluding diaryl/α,β-unsaturated/α-hetero) is 1. The van der Waals surface area contributed by atoms with Gasteiger partial charge in [-0.25, -0.2) is 4.98 Å². The van der Waals surface area contributed by atoms with Crippen molar-refractivity contribution in [2.24, 2.45) is 0 Å². The highest BCUT2D eigenvalue weighted by molar-refractivity contribution is 5.97. The van der Waals surface area contributed by atoms with E-state index in [1.54, 1.807) is 6.20 Å². The molecule has 0 unspecified atom stereocenters. The standard InChI is InChI=1S/C17H21N5O2/c1-12(2)18-9-10-20-17(24)16-21-11-14(22-16)15(23)7-6-13-5-3-4-8-19-13/h3-5,8,11,18H,1,6-7,9-10H2,2H3,(H,20,24)(H,21,22). The highest BCUT2D eigenvalue weighted by Gasteiger charge is 2.14. The van der Waals surface area contributed by atoms with Crippen molar-refractivity contribution in [1.29, 1.82) is 0 Å². The van der Waals surface area contributed by atoms with Crippen LogP contribution >= 0.6 is 0 Å². The smallest absolute Gasteiger partial charge is 0.287 e. The molecule has 0 saturated heterocycles. The SMILES string of the molecule is C=C(C)NCCNC(=O)c1ncc(C(=O)CCc2ccccn2)[nH]1. The van der Waals surface area contributed by atoms with E-state index in [0.29, 0.717) is 31.6 Å². The van der Waals surface area contributed by atoms with Gasteiger partial charge in [-0.15, -0.1) is 0 Å². The summed E-state index contributed by atoms with van der Waals surface area (Å²) in [4.78, 5) is 35.0. The average Bonchev–Trinajstić information content (AvgIpc) is 3.07. The first-order valence-electron chi connectivity index (χ1n) is 7.72. The van der Waals surface area contributed by atoms with Gasteiger partial charge in [0.2, 0.25) is 0 Å². The number of hydrogen-bond acceptors (Lipinski definition) is 5. The minimum Gasteiger partial charge on any atom is -0.387 e. The summed E-state index contributed by atoms with van der Waals surface area (Å²) >= 11 is 0. The first kappa shape index (κ1) is 17.4. The zero-order chi connectivity index (χ0) is 17.4. The molecule has 24 heavy (non-hydrogen) atoms. The molecule has 0 spiro atoms. The van der Waals surface area contributed by atoms with Gasteiger partial charge in [0.15, 0.2) is 11.6 Å². The van der Waals surface area contributed by atoms with Gasteiger partial charge >= 0.3 is 0 Å². The van der Waals surface area contributed by atoms with E-state index < -0.39 is 0 Å². The zero-order valence-corrected chi connectivity index (χ0v) is 13.6. The minimum atomic E-state index is -0.345. The number of allylic oxidation sites excluding steroid dienone is 1. The highest BCUT2D eigenvalue weighted by Crippen LogP contribution is 2.05. The van der Waals surface area contributed by atoms with E-state index in [-0.39, 0.29) is 17.5 Å². The van der Waals surface area contributed by atoms with Crippen LogP contribution in [0.25, 0.3) is 0 Å². The number of nitrogens with zero attached hydrogens (tertiary/aromatic N) is 2. The van der Waals surface area contributed by atoms with Gasteiger partial charge in [0, 0.05) is 37.1 Å². The second-order valence-electron chi connectivity index (χ2n) is 5.35. The molecule has 0 radical (unpaired) electrons. The lowest BCUT2D eigenvalue weighted by molar-refractivity contribution is 0.0944.